The molecule has 0 saturated carbocycles. The van der Waals surface area contributed by atoms with Crippen molar-refractivity contribution in [3.63, 3.8) is 0 Å². The molecule has 0 fully saturated rings. The highest BCUT2D eigenvalue weighted by molar-refractivity contribution is 7.71. The first-order chi connectivity index (χ1) is 7.06. The Morgan fingerprint density at radius 3 is 2.33 bits per heavy atom. The minimum Gasteiger partial charge on any atom is -0.508 e. The molecule has 1 aromatic heterocycles. The average molecular weight is 223 g/mol. The number of benzene rings is 1. The molecule has 1 aromatic carbocycles. The number of hydrogen-bond donors (Lipinski definition) is 3. The van der Waals surface area contributed by atoms with E-state index in [1.807, 2.05) is 0 Å². The summed E-state index contributed by atoms with van der Waals surface area (Å²) in [4.78, 5) is 4.06. The summed E-state index contributed by atoms with van der Waals surface area (Å²) in [5.41, 5.74) is 0.583. The van der Waals surface area contributed by atoms with Crippen LogP contribution < -0.4 is 0 Å². The van der Waals surface area contributed by atoms with Gasteiger partial charge in [-0.3, -0.25) is 9.78 Å². The Morgan fingerprint density at radius 2 is 1.87 bits per heavy atom. The van der Waals surface area contributed by atoms with Crippen molar-refractivity contribution in [2.75, 3.05) is 0 Å². The molecule has 0 aliphatic heterocycles. The summed E-state index contributed by atoms with van der Waals surface area (Å²) in [6, 6.07) is 4.24. The van der Waals surface area contributed by atoms with Crippen molar-refractivity contribution in [1.82, 2.24) is 14.8 Å². The van der Waals surface area contributed by atoms with Crippen LogP contribution in [-0.4, -0.2) is 25.0 Å². The fourth-order valence-electron chi connectivity index (χ4n) is 1.26. The number of hydrogen-bond acceptors (Lipinski definition) is 4. The number of aromatic nitrogens is 3. The molecular weight excluding hydrogens is 214 g/mol. The van der Waals surface area contributed by atoms with Gasteiger partial charge in [0.15, 0.2) is 5.82 Å². The third-order valence-corrected chi connectivity index (χ3v) is 2.31. The number of aryl methyl sites for hydroxylation is 1. The van der Waals surface area contributed by atoms with Crippen molar-refractivity contribution < 1.29 is 10.2 Å². The second kappa shape index (κ2) is 3.39. The zero-order chi connectivity index (χ0) is 11.0. The number of aromatic amines is 1. The first kappa shape index (κ1) is 9.72. The van der Waals surface area contributed by atoms with E-state index in [1.54, 1.807) is 11.7 Å². The maximum absolute atomic E-state index is 9.30. The van der Waals surface area contributed by atoms with E-state index in [1.165, 1.54) is 18.2 Å². The van der Waals surface area contributed by atoms with E-state index in [4.69, 9.17) is 12.2 Å². The molecule has 0 bridgehead atoms. The molecule has 0 aliphatic carbocycles. The Balaban J connectivity index is 2.58. The fraction of sp³-hybridized carbons (Fsp3) is 0.111. The lowest BCUT2D eigenvalue weighted by molar-refractivity contribution is 0.451. The van der Waals surface area contributed by atoms with Gasteiger partial charge in [-0.15, -0.1) is 0 Å². The summed E-state index contributed by atoms with van der Waals surface area (Å²) >= 11 is 4.94. The quantitative estimate of drug-likeness (QED) is 0.641. The topological polar surface area (TPSA) is 74.1 Å². The maximum Gasteiger partial charge on any atom is 0.216 e. The maximum atomic E-state index is 9.30. The van der Waals surface area contributed by atoms with Crippen LogP contribution in [0.15, 0.2) is 18.2 Å². The Kier molecular flexibility index (Phi) is 2.20. The average Bonchev–Trinajstić information content (AvgIpc) is 2.45. The van der Waals surface area contributed by atoms with Crippen LogP contribution in [0.1, 0.15) is 0 Å². The van der Waals surface area contributed by atoms with Crippen molar-refractivity contribution in [2.24, 2.45) is 7.05 Å². The Morgan fingerprint density at radius 1 is 1.27 bits per heavy atom. The molecule has 1 heterocycles. The predicted molar refractivity (Wildman–Crippen MR) is 57.2 cm³/mol. The van der Waals surface area contributed by atoms with Gasteiger partial charge in [0.1, 0.15) is 11.5 Å². The standard InChI is InChI=1S/C9H9N3O2S/c1-12-9(15)10-8(11-12)5-2-6(13)4-7(14)3-5/h2-4,13-14H,1H3,(H,10,11,15). The van der Waals surface area contributed by atoms with Crippen LogP contribution in [0.2, 0.25) is 0 Å². The summed E-state index contributed by atoms with van der Waals surface area (Å²) in [5, 5.41) is 21.5. The SMILES string of the molecule is Cn1[nH]c(-c2cc(O)cc(O)c2)nc1=S. The van der Waals surface area contributed by atoms with E-state index in [2.05, 4.69) is 10.1 Å². The van der Waals surface area contributed by atoms with Gasteiger partial charge in [-0.1, -0.05) is 0 Å². The van der Waals surface area contributed by atoms with Crippen LogP contribution >= 0.6 is 12.2 Å². The molecule has 0 amide bonds. The Bertz CT molecular complexity index is 538. The molecule has 2 aromatic rings. The number of rotatable bonds is 1. The smallest absolute Gasteiger partial charge is 0.216 e. The van der Waals surface area contributed by atoms with Gasteiger partial charge < -0.3 is 10.2 Å². The third-order valence-electron chi connectivity index (χ3n) is 1.94. The first-order valence-corrected chi connectivity index (χ1v) is 4.63. The van der Waals surface area contributed by atoms with Gasteiger partial charge in [-0.2, -0.15) is 4.98 Å². The summed E-state index contributed by atoms with van der Waals surface area (Å²) in [6.07, 6.45) is 0. The van der Waals surface area contributed by atoms with E-state index < -0.39 is 0 Å². The van der Waals surface area contributed by atoms with Crippen LogP contribution in [0.4, 0.5) is 0 Å². The van der Waals surface area contributed by atoms with Crippen LogP contribution in [0.5, 0.6) is 11.5 Å². The summed E-state index contributed by atoms with van der Waals surface area (Å²) in [6.45, 7) is 0. The highest BCUT2D eigenvalue weighted by atomic mass is 32.1. The molecule has 0 saturated heterocycles. The molecule has 2 rings (SSSR count). The van der Waals surface area contributed by atoms with Gasteiger partial charge in [-0.05, 0) is 24.4 Å². The lowest BCUT2D eigenvalue weighted by atomic mass is 10.2. The number of phenols is 2. The number of aromatic hydroxyl groups is 2. The molecular formula is C9H9N3O2S. The molecule has 0 atom stereocenters. The van der Waals surface area contributed by atoms with Crippen molar-refractivity contribution in [2.45, 2.75) is 0 Å². The zero-order valence-electron chi connectivity index (χ0n) is 7.93. The van der Waals surface area contributed by atoms with E-state index in [9.17, 15) is 10.2 Å². The molecule has 0 aliphatic rings. The highest BCUT2D eigenvalue weighted by Crippen LogP contribution is 2.26. The first-order valence-electron chi connectivity index (χ1n) is 4.23. The lowest BCUT2D eigenvalue weighted by Crippen LogP contribution is -1.89. The summed E-state index contributed by atoms with van der Waals surface area (Å²) < 4.78 is 1.99. The Hall–Kier alpha value is -1.82. The van der Waals surface area contributed by atoms with Crippen molar-refractivity contribution in [3.05, 3.63) is 23.0 Å². The van der Waals surface area contributed by atoms with E-state index in [-0.39, 0.29) is 11.5 Å². The molecule has 0 radical (unpaired) electrons. The van der Waals surface area contributed by atoms with Crippen molar-refractivity contribution in [1.29, 1.82) is 0 Å². The van der Waals surface area contributed by atoms with Gasteiger partial charge in [0.05, 0.1) is 0 Å². The van der Waals surface area contributed by atoms with Crippen LogP contribution in [0, 0.1) is 4.77 Å². The van der Waals surface area contributed by atoms with Gasteiger partial charge in [0.25, 0.3) is 0 Å². The zero-order valence-corrected chi connectivity index (χ0v) is 8.75. The number of nitrogens with one attached hydrogen (secondary N) is 1. The van der Waals surface area contributed by atoms with Gasteiger partial charge in [0.2, 0.25) is 4.77 Å². The summed E-state index contributed by atoms with van der Waals surface area (Å²) in [7, 11) is 1.74. The van der Waals surface area contributed by atoms with Gasteiger partial charge >= 0.3 is 0 Å². The minimum absolute atomic E-state index is 0.0185. The fourth-order valence-corrected chi connectivity index (χ4v) is 1.40. The number of H-pyrrole nitrogens is 1. The van der Waals surface area contributed by atoms with E-state index in [0.717, 1.165) is 0 Å². The van der Waals surface area contributed by atoms with Crippen molar-refractivity contribution in [3.8, 4) is 22.9 Å². The molecule has 0 unspecified atom stereocenters. The van der Waals surface area contributed by atoms with Gasteiger partial charge in [0, 0.05) is 18.7 Å². The minimum atomic E-state index is -0.0185. The van der Waals surface area contributed by atoms with Crippen LogP contribution in [0.25, 0.3) is 11.4 Å². The largest absolute Gasteiger partial charge is 0.508 e. The molecule has 0 spiro atoms. The molecule has 5 nitrogen and oxygen atoms in total. The van der Waals surface area contributed by atoms with Gasteiger partial charge in [-0.25, -0.2) is 0 Å². The molecule has 3 N–H and O–H groups in total. The van der Waals surface area contributed by atoms with Crippen LogP contribution in [-0.2, 0) is 7.05 Å². The lowest BCUT2D eigenvalue weighted by Gasteiger charge is -1.99. The number of phenolic OH excluding ortho intramolecular Hbond substituents is 2. The highest BCUT2D eigenvalue weighted by Gasteiger charge is 2.05. The molecule has 15 heavy (non-hydrogen) atoms. The normalized spacial score (nSPS) is 10.5. The predicted octanol–water partition coefficient (Wildman–Crippen LogP) is 1.56. The molecule has 78 valence electrons. The van der Waals surface area contributed by atoms with Crippen LogP contribution in [0.3, 0.4) is 0 Å². The Labute approximate surface area is 90.6 Å². The molecule has 6 heteroatoms. The summed E-state index contributed by atoms with van der Waals surface area (Å²) in [5.74, 6) is 0.471. The van der Waals surface area contributed by atoms with Crippen molar-refractivity contribution >= 4 is 12.2 Å². The monoisotopic (exact) mass is 223 g/mol. The third kappa shape index (κ3) is 1.84. The van der Waals surface area contributed by atoms with E-state index >= 15 is 0 Å². The second-order valence-electron chi connectivity index (χ2n) is 3.15. The second-order valence-corrected chi connectivity index (χ2v) is 3.52. The van der Waals surface area contributed by atoms with E-state index in [0.29, 0.717) is 16.2 Å². The number of nitrogens with zero attached hydrogens (tertiary/aromatic N) is 2.